The highest BCUT2D eigenvalue weighted by Gasteiger charge is 2.76. The van der Waals surface area contributed by atoms with Crippen molar-refractivity contribution in [2.45, 2.75) is 88.9 Å². The Bertz CT molecular complexity index is 736. The molecule has 2 bridgehead atoms. The second kappa shape index (κ2) is 8.58. The van der Waals surface area contributed by atoms with E-state index in [1.807, 2.05) is 34.6 Å². The molecule has 1 spiro atoms. The molecular formula is C23H38N2O5S. The summed E-state index contributed by atoms with van der Waals surface area (Å²) in [6.07, 6.45) is 1.37. The summed E-state index contributed by atoms with van der Waals surface area (Å²) in [4.78, 5) is 42.1. The van der Waals surface area contributed by atoms with Crippen molar-refractivity contribution >= 4 is 29.5 Å². The zero-order chi connectivity index (χ0) is 23.3. The highest BCUT2D eigenvalue weighted by atomic mass is 32.2. The number of amides is 2. The van der Waals surface area contributed by atoms with Gasteiger partial charge in [0.25, 0.3) is 0 Å². The van der Waals surface area contributed by atoms with Gasteiger partial charge < -0.3 is 20.1 Å². The summed E-state index contributed by atoms with van der Waals surface area (Å²) >= 11 is 1.63. The molecule has 31 heavy (non-hydrogen) atoms. The summed E-state index contributed by atoms with van der Waals surface area (Å²) in [7, 11) is 0. The summed E-state index contributed by atoms with van der Waals surface area (Å²) in [6, 6.07) is -1.18. The van der Waals surface area contributed by atoms with Gasteiger partial charge in [0, 0.05) is 10.8 Å². The molecule has 0 aromatic heterocycles. The van der Waals surface area contributed by atoms with Crippen LogP contribution in [-0.2, 0) is 19.1 Å². The van der Waals surface area contributed by atoms with Crippen molar-refractivity contribution in [1.82, 2.24) is 10.2 Å². The van der Waals surface area contributed by atoms with E-state index in [0.717, 1.165) is 6.42 Å². The molecule has 2 amide bonds. The predicted molar refractivity (Wildman–Crippen MR) is 120 cm³/mol. The number of esters is 1. The van der Waals surface area contributed by atoms with E-state index in [-0.39, 0.29) is 48.1 Å². The number of ether oxygens (including phenoxy) is 1. The molecule has 176 valence electrons. The van der Waals surface area contributed by atoms with Gasteiger partial charge in [0.05, 0.1) is 35.8 Å². The lowest BCUT2D eigenvalue weighted by Gasteiger charge is -2.41. The van der Waals surface area contributed by atoms with Gasteiger partial charge in [0.2, 0.25) is 11.8 Å². The molecule has 0 radical (unpaired) electrons. The molecule has 2 N–H and O–H groups in total. The molecule has 7 atom stereocenters. The lowest BCUT2D eigenvalue weighted by molar-refractivity contribution is -0.154. The topological polar surface area (TPSA) is 95.9 Å². The van der Waals surface area contributed by atoms with Crippen LogP contribution in [0.1, 0.15) is 61.3 Å². The summed E-state index contributed by atoms with van der Waals surface area (Å²) in [5.41, 5.74) is -0.460. The minimum Gasteiger partial charge on any atom is -0.466 e. The van der Waals surface area contributed by atoms with Gasteiger partial charge in [0.15, 0.2) is 0 Å². The second-order valence-electron chi connectivity index (χ2n) is 10.8. The third-order valence-electron chi connectivity index (χ3n) is 6.84. The number of nitrogens with zero attached hydrogens (tertiary/aromatic N) is 1. The lowest BCUT2D eigenvalue weighted by Crippen LogP contribution is -2.60. The van der Waals surface area contributed by atoms with E-state index in [4.69, 9.17) is 4.74 Å². The van der Waals surface area contributed by atoms with Gasteiger partial charge in [-0.15, -0.1) is 11.8 Å². The maximum absolute atomic E-state index is 13.9. The fourth-order valence-electron chi connectivity index (χ4n) is 5.92. The van der Waals surface area contributed by atoms with E-state index in [2.05, 4.69) is 12.2 Å². The number of thioether (sulfide) groups is 1. The Morgan fingerprint density at radius 1 is 1.35 bits per heavy atom. The number of carbonyl (C=O) groups is 3. The average molecular weight is 455 g/mol. The molecule has 0 aromatic carbocycles. The van der Waals surface area contributed by atoms with Crippen LogP contribution in [0.2, 0.25) is 0 Å². The second-order valence-corrected chi connectivity index (χ2v) is 12.3. The van der Waals surface area contributed by atoms with Gasteiger partial charge in [-0.3, -0.25) is 14.4 Å². The van der Waals surface area contributed by atoms with E-state index in [1.165, 1.54) is 0 Å². The monoisotopic (exact) mass is 454 g/mol. The standard InChI is InChI=1S/C23H38N2O5S/c1-8-30-21(29)16-15-10-13(4)23(31-15)17(16)20(28)25(14(11-26)9-12(2)3)18(23)19(27)24-22(5,6)7/h12-18,26H,8-11H2,1-7H3,(H,24,27)/t13?,14-,15+,16-,17+,18?,23?/m1/s1. The number of likely N-dealkylation sites (tertiary alicyclic amines) is 1. The Morgan fingerprint density at radius 2 is 2.00 bits per heavy atom. The SMILES string of the molecule is CCOC(=O)[C@@H]1[C@@H]2CC(C)C3(S2)C(C(=O)NC(C)(C)C)N([C@@H](CO)CC(C)C)C(=O)[C@H]13. The smallest absolute Gasteiger partial charge is 0.310 e. The number of nitrogens with one attached hydrogen (secondary N) is 1. The Morgan fingerprint density at radius 3 is 2.52 bits per heavy atom. The molecule has 3 fully saturated rings. The first-order chi connectivity index (χ1) is 14.4. The van der Waals surface area contributed by atoms with Crippen LogP contribution < -0.4 is 5.32 Å². The van der Waals surface area contributed by atoms with E-state index < -0.39 is 34.2 Å². The van der Waals surface area contributed by atoms with Crippen molar-refractivity contribution in [3.8, 4) is 0 Å². The van der Waals surface area contributed by atoms with Crippen molar-refractivity contribution in [2.75, 3.05) is 13.2 Å². The van der Waals surface area contributed by atoms with Crippen LogP contribution in [0.25, 0.3) is 0 Å². The van der Waals surface area contributed by atoms with E-state index in [9.17, 15) is 19.5 Å². The van der Waals surface area contributed by atoms with Gasteiger partial charge in [-0.05, 0) is 52.4 Å². The zero-order valence-electron chi connectivity index (χ0n) is 19.8. The van der Waals surface area contributed by atoms with Crippen LogP contribution in [-0.4, -0.2) is 68.6 Å². The summed E-state index contributed by atoms with van der Waals surface area (Å²) in [6.45, 7) is 13.7. The van der Waals surface area contributed by atoms with Gasteiger partial charge >= 0.3 is 5.97 Å². The van der Waals surface area contributed by atoms with Crippen LogP contribution in [0.3, 0.4) is 0 Å². The molecule has 0 aliphatic carbocycles. The average Bonchev–Trinajstić information content (AvgIpc) is 3.22. The third kappa shape index (κ3) is 3.99. The third-order valence-corrected chi connectivity index (χ3v) is 8.91. The molecule has 3 rings (SSSR count). The number of aliphatic hydroxyl groups is 1. The van der Waals surface area contributed by atoms with Crippen LogP contribution in [0.15, 0.2) is 0 Å². The number of hydrogen-bond donors (Lipinski definition) is 2. The van der Waals surface area contributed by atoms with Crippen molar-refractivity contribution in [3.63, 3.8) is 0 Å². The van der Waals surface area contributed by atoms with Crippen molar-refractivity contribution in [1.29, 1.82) is 0 Å². The van der Waals surface area contributed by atoms with Gasteiger partial charge in [-0.1, -0.05) is 20.8 Å². The first-order valence-electron chi connectivity index (χ1n) is 11.5. The quantitative estimate of drug-likeness (QED) is 0.573. The fourth-order valence-corrected chi connectivity index (χ4v) is 8.31. The maximum atomic E-state index is 13.9. The van der Waals surface area contributed by atoms with Gasteiger partial charge in [-0.2, -0.15) is 0 Å². The van der Waals surface area contributed by atoms with Crippen LogP contribution in [0, 0.1) is 23.7 Å². The van der Waals surface area contributed by atoms with Gasteiger partial charge in [-0.25, -0.2) is 0 Å². The van der Waals surface area contributed by atoms with E-state index in [0.29, 0.717) is 6.42 Å². The zero-order valence-corrected chi connectivity index (χ0v) is 20.6. The normalized spacial score (nSPS) is 35.5. The van der Waals surface area contributed by atoms with Gasteiger partial charge in [0.1, 0.15) is 6.04 Å². The summed E-state index contributed by atoms with van der Waals surface area (Å²) in [5.74, 6) is -1.52. The van der Waals surface area contributed by atoms with Crippen LogP contribution in [0.5, 0.6) is 0 Å². The Kier molecular flexibility index (Phi) is 6.74. The highest BCUT2D eigenvalue weighted by Crippen LogP contribution is 2.69. The predicted octanol–water partition coefficient (Wildman–Crippen LogP) is 2.21. The number of fused-ring (bicyclic) bond motifs is 1. The molecule has 3 aliphatic rings. The first kappa shape index (κ1) is 24.4. The first-order valence-corrected chi connectivity index (χ1v) is 12.4. The van der Waals surface area contributed by atoms with Crippen molar-refractivity contribution in [3.05, 3.63) is 0 Å². The molecule has 7 nitrogen and oxygen atoms in total. The molecule has 3 unspecified atom stereocenters. The van der Waals surface area contributed by atoms with Crippen molar-refractivity contribution in [2.24, 2.45) is 23.7 Å². The molecule has 3 heterocycles. The molecule has 8 heteroatoms. The van der Waals surface area contributed by atoms with Crippen LogP contribution in [0.4, 0.5) is 0 Å². The lowest BCUT2D eigenvalue weighted by atomic mass is 9.66. The molecule has 3 aliphatic heterocycles. The fraction of sp³-hybridized carbons (Fsp3) is 0.870. The molecule has 0 saturated carbocycles. The summed E-state index contributed by atoms with van der Waals surface area (Å²) < 4.78 is 4.68. The molecule has 3 saturated heterocycles. The number of carbonyl (C=O) groups excluding carboxylic acids is 3. The molecule has 0 aromatic rings. The molecular weight excluding hydrogens is 416 g/mol. The van der Waals surface area contributed by atoms with E-state index >= 15 is 0 Å². The Hall–Kier alpha value is -1.28. The largest absolute Gasteiger partial charge is 0.466 e. The number of aliphatic hydroxyl groups excluding tert-OH is 1. The minimum atomic E-state index is -0.718. The maximum Gasteiger partial charge on any atom is 0.310 e. The number of rotatable bonds is 7. The number of hydrogen-bond acceptors (Lipinski definition) is 6. The highest BCUT2D eigenvalue weighted by molar-refractivity contribution is 8.02. The van der Waals surface area contributed by atoms with E-state index in [1.54, 1.807) is 23.6 Å². The Balaban J connectivity index is 2.10. The van der Waals surface area contributed by atoms with Crippen LogP contribution >= 0.6 is 11.8 Å². The minimum absolute atomic E-state index is 0.0206. The van der Waals surface area contributed by atoms with Crippen molar-refractivity contribution < 1.29 is 24.2 Å². The Labute approximate surface area is 190 Å². The summed E-state index contributed by atoms with van der Waals surface area (Å²) in [5, 5.41) is 13.3.